The molecule has 0 saturated heterocycles. The Balaban J connectivity index is -0.0000000417. The Morgan fingerprint density at radius 1 is 1.86 bits per heavy atom. The van der Waals surface area contributed by atoms with Gasteiger partial charge in [0.05, 0.1) is 0 Å². The summed E-state index contributed by atoms with van der Waals surface area (Å²) in [5, 5.41) is 8.44. The van der Waals surface area contributed by atoms with Crippen LogP contribution in [0.1, 0.15) is 16.2 Å². The van der Waals surface area contributed by atoms with Crippen LogP contribution in [0.25, 0.3) is 0 Å². The molecule has 0 saturated carbocycles. The second-order valence-electron chi connectivity index (χ2n) is 1.10. The van der Waals surface area contributed by atoms with E-state index in [1.165, 1.54) is 7.11 Å². The first-order valence-corrected chi connectivity index (χ1v) is 2.02. The molecule has 0 amide bonds. The summed E-state index contributed by atoms with van der Waals surface area (Å²) in [4.78, 5) is 0. The molecule has 1 N–H and O–H groups in total. The van der Waals surface area contributed by atoms with Gasteiger partial charge in [0.25, 0.3) is 0 Å². The van der Waals surface area contributed by atoms with Gasteiger partial charge in [0.1, 0.15) is 0 Å². The van der Waals surface area contributed by atoms with Crippen molar-refractivity contribution in [2.45, 2.75) is 19.6 Å². The Morgan fingerprint density at radius 3 is 2.29 bits per heavy atom. The molecule has 2 nitrogen and oxygen atoms in total. The maximum Gasteiger partial charge on any atom is 2.00 e. The third kappa shape index (κ3) is 7.49. The van der Waals surface area contributed by atoms with Crippen LogP contribution in [0.5, 0.6) is 0 Å². The fourth-order valence-electron chi connectivity index (χ4n) is 0.167. The van der Waals surface area contributed by atoms with Gasteiger partial charge in [0.2, 0.25) is 0 Å². The molecule has 3 heteroatoms. The Hall–Kier alpha value is 1.49. The largest absolute Gasteiger partial charge is 2.00 e. The predicted molar refractivity (Wildman–Crippen MR) is 31.3 cm³/mol. The van der Waals surface area contributed by atoms with Crippen LogP contribution in [-0.4, -0.2) is 67.4 Å². The van der Waals surface area contributed by atoms with Crippen LogP contribution in [0.4, 0.5) is 0 Å². The average Bonchev–Trinajstić information content (AvgIpc) is 1.65. The Labute approximate surface area is 87.3 Å². The van der Waals surface area contributed by atoms with Crippen LogP contribution in [0.3, 0.4) is 0 Å². The molecule has 0 aromatic rings. The summed E-state index contributed by atoms with van der Waals surface area (Å²) in [5.74, 6) is 0. The summed E-state index contributed by atoms with van der Waals surface area (Å²) in [6.07, 6.45) is 0.0984. The molecule has 0 aromatic heterocycles. The van der Waals surface area contributed by atoms with E-state index in [1.54, 1.807) is 0 Å². The number of ether oxygens (including phenoxy) is 1. The summed E-state index contributed by atoms with van der Waals surface area (Å²) < 4.78 is 4.45. The third-order valence-corrected chi connectivity index (χ3v) is 0.621. The number of hydrogen-bond donors (Lipinski definition) is 1. The third-order valence-electron chi connectivity index (χ3n) is 0.621. The molecule has 1 atom stereocenters. The number of aliphatic hydroxyl groups excluding tert-OH is 1. The van der Waals surface area contributed by atoms with Crippen molar-refractivity contribution in [2.24, 2.45) is 0 Å². The molecule has 7 heavy (non-hydrogen) atoms. The minimum atomic E-state index is -0.565. The monoisotopic (exact) mass is 230 g/mol. The van der Waals surface area contributed by atoms with Crippen molar-refractivity contribution >= 4 is 48.9 Å². The van der Waals surface area contributed by atoms with Gasteiger partial charge in [-0.25, -0.2) is 0 Å². The zero-order valence-corrected chi connectivity index (χ0v) is 9.29. The Bertz CT molecular complexity index is 35.7. The summed E-state index contributed by atoms with van der Waals surface area (Å²) >= 11 is 0. The van der Waals surface area contributed by atoms with Gasteiger partial charge in [0, 0.05) is 7.11 Å². The summed E-state index contributed by atoms with van der Waals surface area (Å²) in [6, 6.07) is 0. The molecular formula is C4H12BaO2. The fraction of sp³-hybridized carbons (Fsp3) is 1.00. The zero-order valence-electron chi connectivity index (χ0n) is 6.85. The van der Waals surface area contributed by atoms with Crippen LogP contribution < -0.4 is 0 Å². The molecule has 42 valence electrons. The predicted octanol–water partition coefficient (Wildman–Crippen LogP) is 0.205. The van der Waals surface area contributed by atoms with E-state index in [-0.39, 0.29) is 51.7 Å². The minimum absolute atomic E-state index is 0. The number of aliphatic hydroxyl groups is 1. The minimum Gasteiger partial charge on any atom is -1.00 e. The maximum absolute atomic E-state index is 8.44. The first-order chi connectivity index (χ1) is 2.81. The van der Waals surface area contributed by atoms with Gasteiger partial charge in [-0.15, -0.1) is 0 Å². The van der Waals surface area contributed by atoms with E-state index in [2.05, 4.69) is 4.74 Å². The van der Waals surface area contributed by atoms with Crippen LogP contribution in [0.15, 0.2) is 0 Å². The van der Waals surface area contributed by atoms with E-state index in [4.69, 9.17) is 5.11 Å². The SMILES string of the molecule is CCC(O)OC.[Ba+2].[H-].[H-]. The molecule has 0 bridgehead atoms. The molecule has 0 fully saturated rings. The number of rotatable bonds is 2. The van der Waals surface area contributed by atoms with E-state index in [1.807, 2.05) is 6.92 Å². The van der Waals surface area contributed by atoms with Gasteiger partial charge >= 0.3 is 48.9 Å². The van der Waals surface area contributed by atoms with Gasteiger partial charge in [-0.05, 0) is 6.42 Å². The summed E-state index contributed by atoms with van der Waals surface area (Å²) in [7, 11) is 1.48. The van der Waals surface area contributed by atoms with Gasteiger partial charge in [-0.3, -0.25) is 0 Å². The fourth-order valence-corrected chi connectivity index (χ4v) is 0.167. The Kier molecular flexibility index (Phi) is 12.1. The van der Waals surface area contributed by atoms with E-state index >= 15 is 0 Å². The van der Waals surface area contributed by atoms with Crippen LogP contribution in [0.2, 0.25) is 0 Å². The van der Waals surface area contributed by atoms with Crippen molar-refractivity contribution in [1.29, 1.82) is 0 Å². The van der Waals surface area contributed by atoms with E-state index in [9.17, 15) is 0 Å². The van der Waals surface area contributed by atoms with Crippen molar-refractivity contribution < 1.29 is 12.7 Å². The molecule has 0 radical (unpaired) electrons. The van der Waals surface area contributed by atoms with Crippen LogP contribution in [-0.2, 0) is 4.74 Å². The van der Waals surface area contributed by atoms with Crippen molar-refractivity contribution in [3.63, 3.8) is 0 Å². The smallest absolute Gasteiger partial charge is 1.00 e. The molecule has 0 aromatic carbocycles. The molecule has 0 aliphatic rings. The summed E-state index contributed by atoms with van der Waals surface area (Å²) in [6.45, 7) is 1.86. The van der Waals surface area contributed by atoms with Gasteiger partial charge in [0.15, 0.2) is 6.29 Å². The van der Waals surface area contributed by atoms with Crippen LogP contribution in [0, 0.1) is 0 Å². The van der Waals surface area contributed by atoms with Crippen molar-refractivity contribution in [3.8, 4) is 0 Å². The second kappa shape index (κ2) is 7.49. The van der Waals surface area contributed by atoms with Gasteiger partial charge < -0.3 is 12.7 Å². The summed E-state index contributed by atoms with van der Waals surface area (Å²) in [5.41, 5.74) is 0. The van der Waals surface area contributed by atoms with E-state index in [0.717, 1.165) is 0 Å². The van der Waals surface area contributed by atoms with E-state index < -0.39 is 6.29 Å². The maximum atomic E-state index is 8.44. The van der Waals surface area contributed by atoms with Crippen molar-refractivity contribution in [2.75, 3.05) is 7.11 Å². The van der Waals surface area contributed by atoms with Gasteiger partial charge in [-0.1, -0.05) is 6.92 Å². The average molecular weight is 229 g/mol. The van der Waals surface area contributed by atoms with Crippen LogP contribution >= 0.6 is 0 Å². The molecule has 0 aliphatic heterocycles. The zero-order chi connectivity index (χ0) is 4.99. The second-order valence-corrected chi connectivity index (χ2v) is 1.10. The van der Waals surface area contributed by atoms with E-state index in [0.29, 0.717) is 6.42 Å². The standard InChI is InChI=1S/C4H10O2.Ba.2H/c1-3-4(5)6-2;;;/h4-5H,3H2,1-2H3;;;/q;+2;2*-1. The Morgan fingerprint density at radius 2 is 2.29 bits per heavy atom. The molecule has 0 rings (SSSR count). The first-order valence-electron chi connectivity index (χ1n) is 2.02. The number of hydrogen-bond acceptors (Lipinski definition) is 2. The number of methoxy groups -OCH3 is 1. The molecule has 0 spiro atoms. The normalized spacial score (nSPS) is 12.4. The van der Waals surface area contributed by atoms with Gasteiger partial charge in [-0.2, -0.15) is 0 Å². The quantitative estimate of drug-likeness (QED) is 0.542. The first kappa shape index (κ1) is 11.3. The van der Waals surface area contributed by atoms with Crippen molar-refractivity contribution in [1.82, 2.24) is 0 Å². The molecule has 0 aliphatic carbocycles. The van der Waals surface area contributed by atoms with Crippen molar-refractivity contribution in [3.05, 3.63) is 0 Å². The molecular weight excluding hydrogens is 217 g/mol. The molecule has 0 heterocycles. The molecule has 1 unspecified atom stereocenters. The topological polar surface area (TPSA) is 29.5 Å².